The van der Waals surface area contributed by atoms with Crippen LogP contribution in [0.5, 0.6) is 0 Å². The third-order valence-corrected chi connectivity index (χ3v) is 7.39. The van der Waals surface area contributed by atoms with Gasteiger partial charge in [-0.25, -0.2) is 4.21 Å². The third kappa shape index (κ3) is 8.15. The molecule has 2 rings (SSSR count). The van der Waals surface area contributed by atoms with Gasteiger partial charge >= 0.3 is 12.1 Å². The molecule has 0 amide bonds. The molecule has 0 saturated carbocycles. The van der Waals surface area contributed by atoms with Crippen LogP contribution in [0.3, 0.4) is 0 Å². The maximum Gasteiger partial charge on any atom is 0.392 e. The van der Waals surface area contributed by atoms with E-state index in [-0.39, 0.29) is 12.0 Å². The molecule has 0 spiro atoms. The number of aliphatic carboxylic acids is 1. The van der Waals surface area contributed by atoms with Gasteiger partial charge in [0.25, 0.3) is 0 Å². The van der Waals surface area contributed by atoms with Gasteiger partial charge in [-0.05, 0) is 36.1 Å². The molecule has 33 heavy (non-hydrogen) atoms. The number of nitrogens with one attached hydrogen (secondary N) is 1. The summed E-state index contributed by atoms with van der Waals surface area (Å²) >= 11 is 12.0. The molecule has 182 valence electrons. The van der Waals surface area contributed by atoms with Crippen molar-refractivity contribution >= 4 is 38.9 Å². The normalized spacial score (nSPS) is 16.6. The minimum atomic E-state index is -4.73. The summed E-state index contributed by atoms with van der Waals surface area (Å²) < 4.78 is 60.1. The largest absolute Gasteiger partial charge is 0.480 e. The Morgan fingerprint density at radius 2 is 1.73 bits per heavy atom. The molecule has 12 heteroatoms. The van der Waals surface area contributed by atoms with E-state index in [1.165, 1.54) is 30.3 Å². The molecule has 0 aromatic heterocycles. The van der Waals surface area contributed by atoms with Gasteiger partial charge in [-0.2, -0.15) is 13.2 Å². The fraction of sp³-hybridized carbons (Fsp3) is 0.381. The second-order valence-electron chi connectivity index (χ2n) is 7.73. The van der Waals surface area contributed by atoms with Crippen molar-refractivity contribution in [3.63, 3.8) is 0 Å². The Kier molecular flexibility index (Phi) is 8.80. The van der Waals surface area contributed by atoms with E-state index in [9.17, 15) is 27.3 Å². The van der Waals surface area contributed by atoms with Crippen molar-refractivity contribution in [2.24, 2.45) is 5.73 Å². The van der Waals surface area contributed by atoms with Gasteiger partial charge in [0.05, 0.1) is 12.0 Å². The highest BCUT2D eigenvalue weighted by Crippen LogP contribution is 2.39. The lowest BCUT2D eigenvalue weighted by molar-refractivity contribution is -0.179. The number of hydrogen-bond acceptors (Lipinski definition) is 5. The van der Waals surface area contributed by atoms with Crippen LogP contribution < -0.4 is 5.73 Å². The van der Waals surface area contributed by atoms with Crippen molar-refractivity contribution in [3.8, 4) is 11.1 Å². The Bertz CT molecular complexity index is 1100. The standard InChI is InChI=1S/C21H23Cl2F3N2O4S/c22-15-5-6-16(17(23)11-15)13-1-3-14(4-2-13)20(31,12-21(24,25)26)8-10-33(28,32)9-7-18(27)19(29)30/h1-6,11,18,28,31H,7-10,12,27H2,(H,29,30)/t18-,20?,33?/m0/s1. The lowest BCUT2D eigenvalue weighted by atomic mass is 9.86. The molecule has 3 atom stereocenters. The summed E-state index contributed by atoms with van der Waals surface area (Å²) in [7, 11) is -3.47. The van der Waals surface area contributed by atoms with Crippen molar-refractivity contribution in [2.75, 3.05) is 11.5 Å². The molecule has 0 saturated heterocycles. The molecule has 2 aromatic carbocycles. The van der Waals surface area contributed by atoms with Crippen molar-refractivity contribution in [1.82, 2.24) is 0 Å². The molecule has 0 radical (unpaired) electrons. The summed E-state index contributed by atoms with van der Waals surface area (Å²) in [4.78, 5) is 10.8. The molecule has 5 N–H and O–H groups in total. The van der Waals surface area contributed by atoms with Gasteiger partial charge in [-0.1, -0.05) is 53.5 Å². The third-order valence-electron chi connectivity index (χ3n) is 5.08. The van der Waals surface area contributed by atoms with Crippen LogP contribution in [-0.4, -0.2) is 44.1 Å². The topological polar surface area (TPSA) is 124 Å². The minimum absolute atomic E-state index is 0.0638. The SMILES string of the molecule is N=S(=O)(CC[C@H](N)C(=O)O)CCC(O)(CC(F)(F)F)c1ccc(-c2ccc(Cl)cc2Cl)cc1. The molecule has 0 aliphatic carbocycles. The van der Waals surface area contributed by atoms with Gasteiger partial charge in [-0.15, -0.1) is 0 Å². The summed E-state index contributed by atoms with van der Waals surface area (Å²) in [6.07, 6.45) is -7.23. The highest BCUT2D eigenvalue weighted by Gasteiger charge is 2.42. The van der Waals surface area contributed by atoms with Crippen molar-refractivity contribution in [1.29, 1.82) is 4.78 Å². The quantitative estimate of drug-likeness (QED) is 0.345. The van der Waals surface area contributed by atoms with E-state index in [0.29, 0.717) is 21.2 Å². The number of nitrogens with two attached hydrogens (primary N) is 1. The number of carboxylic acid groups (broad SMARTS) is 1. The van der Waals surface area contributed by atoms with Crippen LogP contribution in [0.1, 0.15) is 24.8 Å². The summed E-state index contributed by atoms with van der Waals surface area (Å²) in [5.41, 5.74) is 4.02. The number of rotatable bonds is 10. The van der Waals surface area contributed by atoms with Crippen LogP contribution in [0.2, 0.25) is 10.0 Å². The van der Waals surface area contributed by atoms with Crippen molar-refractivity contribution < 1.29 is 32.4 Å². The van der Waals surface area contributed by atoms with Gasteiger partial charge < -0.3 is 15.9 Å². The first-order valence-corrected chi connectivity index (χ1v) is 12.3. The first kappa shape index (κ1) is 27.4. The van der Waals surface area contributed by atoms with E-state index in [1.807, 2.05) is 0 Å². The highest BCUT2D eigenvalue weighted by atomic mass is 35.5. The van der Waals surface area contributed by atoms with Crippen molar-refractivity contribution in [2.45, 2.75) is 37.1 Å². The van der Waals surface area contributed by atoms with E-state index >= 15 is 0 Å². The average Bonchev–Trinajstić information content (AvgIpc) is 2.69. The summed E-state index contributed by atoms with van der Waals surface area (Å²) in [6, 6.07) is 9.07. The van der Waals surface area contributed by atoms with Crippen molar-refractivity contribution in [3.05, 3.63) is 58.1 Å². The van der Waals surface area contributed by atoms with Crippen LogP contribution in [0, 0.1) is 4.78 Å². The Labute approximate surface area is 199 Å². The number of aliphatic hydroxyl groups is 1. The molecule has 2 aromatic rings. The number of hydrogen-bond donors (Lipinski definition) is 4. The van der Waals surface area contributed by atoms with Gasteiger partial charge in [0.15, 0.2) is 0 Å². The smallest absolute Gasteiger partial charge is 0.392 e. The lowest BCUT2D eigenvalue weighted by Gasteiger charge is -2.30. The molecule has 0 aliphatic rings. The number of halogens is 5. The number of benzene rings is 2. The number of carboxylic acids is 1. The second-order valence-corrected chi connectivity index (χ2v) is 11.0. The maximum atomic E-state index is 13.2. The zero-order chi connectivity index (χ0) is 25.0. The van der Waals surface area contributed by atoms with Gasteiger partial charge in [-0.3, -0.25) is 9.57 Å². The highest BCUT2D eigenvalue weighted by molar-refractivity contribution is 7.92. The summed E-state index contributed by atoms with van der Waals surface area (Å²) in [5.74, 6) is -2.30. The van der Waals surface area contributed by atoms with Gasteiger partial charge in [0, 0.05) is 36.8 Å². The molecular formula is C21H23Cl2F3N2O4S. The minimum Gasteiger partial charge on any atom is -0.480 e. The van der Waals surface area contributed by atoms with E-state index in [2.05, 4.69) is 0 Å². The maximum absolute atomic E-state index is 13.2. The Balaban J connectivity index is 2.26. The number of alkyl halides is 3. The van der Waals surface area contributed by atoms with Crippen LogP contribution in [0.15, 0.2) is 42.5 Å². The molecule has 6 nitrogen and oxygen atoms in total. The Hall–Kier alpha value is -1.85. The Morgan fingerprint density at radius 3 is 2.24 bits per heavy atom. The van der Waals surface area contributed by atoms with Gasteiger partial charge in [0.1, 0.15) is 6.04 Å². The molecule has 0 heterocycles. The fourth-order valence-electron chi connectivity index (χ4n) is 3.23. The second kappa shape index (κ2) is 10.6. The predicted molar refractivity (Wildman–Crippen MR) is 122 cm³/mol. The van der Waals surface area contributed by atoms with Crippen LogP contribution in [-0.2, 0) is 20.1 Å². The predicted octanol–water partition coefficient (Wildman–Crippen LogP) is 5.04. The Morgan fingerprint density at radius 1 is 1.12 bits per heavy atom. The molecule has 0 aliphatic heterocycles. The van der Waals surface area contributed by atoms with E-state index in [4.69, 9.17) is 38.8 Å². The molecule has 0 fully saturated rings. The fourth-order valence-corrected chi connectivity index (χ4v) is 5.25. The molecule has 0 bridgehead atoms. The molecule has 2 unspecified atom stereocenters. The first-order chi connectivity index (χ1) is 15.1. The summed E-state index contributed by atoms with van der Waals surface area (Å²) in [6.45, 7) is 0. The first-order valence-electron chi connectivity index (χ1n) is 9.69. The summed E-state index contributed by atoms with van der Waals surface area (Å²) in [5, 5.41) is 20.5. The van der Waals surface area contributed by atoms with Crippen LogP contribution in [0.4, 0.5) is 13.2 Å². The lowest BCUT2D eigenvalue weighted by Crippen LogP contribution is -2.35. The van der Waals surface area contributed by atoms with Gasteiger partial charge in [0.2, 0.25) is 0 Å². The van der Waals surface area contributed by atoms with E-state index < -0.39 is 57.9 Å². The average molecular weight is 527 g/mol. The van der Waals surface area contributed by atoms with Crippen LogP contribution >= 0.6 is 23.2 Å². The zero-order valence-electron chi connectivity index (χ0n) is 17.2. The monoisotopic (exact) mass is 526 g/mol. The van der Waals surface area contributed by atoms with Crippen LogP contribution in [0.25, 0.3) is 11.1 Å². The zero-order valence-corrected chi connectivity index (χ0v) is 19.6. The van der Waals surface area contributed by atoms with E-state index in [1.54, 1.807) is 12.1 Å². The van der Waals surface area contributed by atoms with E-state index in [0.717, 1.165) is 0 Å². The number of carbonyl (C=O) groups is 1. The molecular weight excluding hydrogens is 504 g/mol.